The van der Waals surface area contributed by atoms with Crippen LogP contribution in [0.25, 0.3) is 0 Å². The van der Waals surface area contributed by atoms with Crippen molar-refractivity contribution in [2.75, 3.05) is 12.8 Å². The molecule has 0 aromatic heterocycles. The Morgan fingerprint density at radius 2 is 2.00 bits per heavy atom. The van der Waals surface area contributed by atoms with Gasteiger partial charge in [0.2, 0.25) is 10.0 Å². The Morgan fingerprint density at radius 1 is 1.24 bits per heavy atom. The van der Waals surface area contributed by atoms with E-state index in [4.69, 9.17) is 10.5 Å². The van der Waals surface area contributed by atoms with Crippen LogP contribution in [0, 0.1) is 0 Å². The second-order valence-electron chi connectivity index (χ2n) is 4.33. The van der Waals surface area contributed by atoms with Gasteiger partial charge in [-0.1, -0.05) is 28.1 Å². The molecule has 3 N–H and O–H groups in total. The second-order valence-corrected chi connectivity index (χ2v) is 7.13. The lowest BCUT2D eigenvalue weighted by Gasteiger charge is -2.11. The Hall–Kier alpha value is -1.57. The van der Waals surface area contributed by atoms with Gasteiger partial charge in [-0.3, -0.25) is 0 Å². The van der Waals surface area contributed by atoms with Crippen molar-refractivity contribution in [3.05, 3.63) is 52.5 Å². The van der Waals surface area contributed by atoms with Crippen LogP contribution in [0.15, 0.2) is 51.8 Å². The molecule has 0 atom stereocenters. The normalized spacial score (nSPS) is 11.3. The van der Waals surface area contributed by atoms with Crippen LogP contribution in [0.4, 0.5) is 5.69 Å². The smallest absolute Gasteiger partial charge is 0.240 e. The summed E-state index contributed by atoms with van der Waals surface area (Å²) in [4.78, 5) is 0.109. The molecule has 0 fully saturated rings. The summed E-state index contributed by atoms with van der Waals surface area (Å²) >= 11 is 3.39. The fraction of sp³-hybridized carbons (Fsp3) is 0.143. The van der Waals surface area contributed by atoms with Gasteiger partial charge >= 0.3 is 0 Å². The number of anilines is 1. The summed E-state index contributed by atoms with van der Waals surface area (Å²) in [7, 11) is -2.15. The molecule has 5 nitrogen and oxygen atoms in total. The van der Waals surface area contributed by atoms with Crippen molar-refractivity contribution >= 4 is 31.6 Å². The minimum Gasteiger partial charge on any atom is -0.487 e. The molecule has 0 aliphatic heterocycles. The number of hydrogen-bond acceptors (Lipinski definition) is 4. The number of nitrogens with one attached hydrogen (secondary N) is 1. The minimum absolute atomic E-state index is 0.109. The predicted molar refractivity (Wildman–Crippen MR) is 85.6 cm³/mol. The second kappa shape index (κ2) is 6.46. The maximum atomic E-state index is 11.7. The molecule has 0 saturated carbocycles. The van der Waals surface area contributed by atoms with Gasteiger partial charge in [-0.15, -0.1) is 0 Å². The Morgan fingerprint density at radius 3 is 2.62 bits per heavy atom. The summed E-state index contributed by atoms with van der Waals surface area (Å²) in [5, 5.41) is 0. The van der Waals surface area contributed by atoms with E-state index in [2.05, 4.69) is 20.7 Å². The van der Waals surface area contributed by atoms with E-state index in [9.17, 15) is 8.42 Å². The number of nitrogens with two attached hydrogens (primary N) is 1. The first-order valence-corrected chi connectivity index (χ1v) is 8.40. The van der Waals surface area contributed by atoms with E-state index in [0.717, 1.165) is 10.0 Å². The van der Waals surface area contributed by atoms with Crippen molar-refractivity contribution in [3.8, 4) is 5.75 Å². The van der Waals surface area contributed by atoms with Gasteiger partial charge in [0.05, 0.1) is 10.6 Å². The highest BCUT2D eigenvalue weighted by molar-refractivity contribution is 9.10. The van der Waals surface area contributed by atoms with Crippen molar-refractivity contribution in [2.24, 2.45) is 0 Å². The van der Waals surface area contributed by atoms with Crippen LogP contribution in [0.3, 0.4) is 0 Å². The summed E-state index contributed by atoms with van der Waals surface area (Å²) in [6.45, 7) is 0.349. The zero-order valence-corrected chi connectivity index (χ0v) is 13.7. The topological polar surface area (TPSA) is 81.4 Å². The molecule has 0 spiro atoms. The van der Waals surface area contributed by atoms with E-state index in [0.29, 0.717) is 12.4 Å². The summed E-state index contributed by atoms with van der Waals surface area (Å²) in [6.07, 6.45) is 0. The van der Waals surface area contributed by atoms with Crippen LogP contribution in [0.2, 0.25) is 0 Å². The van der Waals surface area contributed by atoms with Crippen molar-refractivity contribution in [1.29, 1.82) is 0 Å². The highest BCUT2D eigenvalue weighted by Gasteiger charge is 2.13. The number of halogens is 1. The van der Waals surface area contributed by atoms with Crippen LogP contribution < -0.4 is 15.2 Å². The van der Waals surface area contributed by atoms with Crippen LogP contribution >= 0.6 is 15.9 Å². The average Bonchev–Trinajstić information content (AvgIpc) is 2.46. The third kappa shape index (κ3) is 3.96. The number of sulfonamides is 1. The molecule has 2 aromatic carbocycles. The van der Waals surface area contributed by atoms with E-state index in [-0.39, 0.29) is 10.6 Å². The van der Waals surface area contributed by atoms with E-state index in [1.807, 2.05) is 24.3 Å². The van der Waals surface area contributed by atoms with Crippen LogP contribution in [-0.2, 0) is 16.6 Å². The van der Waals surface area contributed by atoms with Gasteiger partial charge in [-0.25, -0.2) is 13.1 Å². The lowest BCUT2D eigenvalue weighted by molar-refractivity contribution is 0.307. The standard InChI is InChI=1S/C14H15BrN2O3S/c1-17-21(18,19)12-5-6-14(13(16)8-12)20-9-10-3-2-4-11(15)7-10/h2-8,17H,9,16H2,1H3. The molecule has 0 bridgehead atoms. The zero-order chi connectivity index (χ0) is 15.5. The largest absolute Gasteiger partial charge is 0.487 e. The minimum atomic E-state index is -3.50. The van der Waals surface area contributed by atoms with Gasteiger partial charge in [-0.2, -0.15) is 0 Å². The van der Waals surface area contributed by atoms with Gasteiger partial charge in [-0.05, 0) is 42.9 Å². The van der Waals surface area contributed by atoms with Crippen molar-refractivity contribution in [3.63, 3.8) is 0 Å². The van der Waals surface area contributed by atoms with Crippen molar-refractivity contribution < 1.29 is 13.2 Å². The van der Waals surface area contributed by atoms with E-state index >= 15 is 0 Å². The Kier molecular flexibility index (Phi) is 4.87. The molecule has 0 saturated heterocycles. The third-order valence-electron chi connectivity index (χ3n) is 2.84. The molecule has 0 amide bonds. The maximum absolute atomic E-state index is 11.7. The third-order valence-corrected chi connectivity index (χ3v) is 4.75. The van der Waals surface area contributed by atoms with Gasteiger partial charge in [0.1, 0.15) is 12.4 Å². The molecule has 0 aliphatic rings. The molecule has 0 heterocycles. The number of hydrogen-bond donors (Lipinski definition) is 2. The first-order valence-electron chi connectivity index (χ1n) is 6.12. The fourth-order valence-corrected chi connectivity index (χ4v) is 2.94. The number of ether oxygens (including phenoxy) is 1. The van der Waals surface area contributed by atoms with Crippen LogP contribution in [0.5, 0.6) is 5.75 Å². The molecule has 21 heavy (non-hydrogen) atoms. The lowest BCUT2D eigenvalue weighted by atomic mass is 10.2. The first kappa shape index (κ1) is 15.8. The van der Waals surface area contributed by atoms with Crippen molar-refractivity contribution in [1.82, 2.24) is 4.72 Å². The molecular formula is C14H15BrN2O3S. The molecule has 0 unspecified atom stereocenters. The monoisotopic (exact) mass is 370 g/mol. The molecule has 0 aliphatic carbocycles. The Bertz CT molecular complexity index is 748. The molecule has 0 radical (unpaired) electrons. The summed E-state index contributed by atoms with van der Waals surface area (Å²) in [6, 6.07) is 12.1. The van der Waals surface area contributed by atoms with E-state index < -0.39 is 10.0 Å². The Balaban J connectivity index is 2.15. The molecule has 7 heteroatoms. The van der Waals surface area contributed by atoms with Gasteiger partial charge < -0.3 is 10.5 Å². The SMILES string of the molecule is CNS(=O)(=O)c1ccc(OCc2cccc(Br)c2)c(N)c1. The highest BCUT2D eigenvalue weighted by atomic mass is 79.9. The van der Waals surface area contributed by atoms with E-state index in [1.54, 1.807) is 6.07 Å². The highest BCUT2D eigenvalue weighted by Crippen LogP contribution is 2.25. The average molecular weight is 371 g/mol. The summed E-state index contributed by atoms with van der Waals surface area (Å²) in [5.74, 6) is 0.449. The fourth-order valence-electron chi connectivity index (χ4n) is 1.73. The molecule has 2 rings (SSSR count). The summed E-state index contributed by atoms with van der Waals surface area (Å²) < 4.78 is 32.2. The number of rotatable bonds is 5. The molecule has 112 valence electrons. The zero-order valence-electron chi connectivity index (χ0n) is 11.3. The lowest BCUT2D eigenvalue weighted by Crippen LogP contribution is -2.18. The number of nitrogen functional groups attached to an aromatic ring is 1. The maximum Gasteiger partial charge on any atom is 0.240 e. The van der Waals surface area contributed by atoms with Crippen molar-refractivity contribution in [2.45, 2.75) is 11.5 Å². The predicted octanol–water partition coefficient (Wildman–Crippen LogP) is 2.52. The molecular weight excluding hydrogens is 356 g/mol. The van der Waals surface area contributed by atoms with Gasteiger partial charge in [0.15, 0.2) is 0 Å². The van der Waals surface area contributed by atoms with E-state index in [1.165, 1.54) is 19.2 Å². The molecule has 2 aromatic rings. The Labute approximate surface area is 132 Å². The van der Waals surface area contributed by atoms with Crippen LogP contribution in [-0.4, -0.2) is 15.5 Å². The number of benzene rings is 2. The van der Waals surface area contributed by atoms with Gasteiger partial charge in [0.25, 0.3) is 0 Å². The van der Waals surface area contributed by atoms with Gasteiger partial charge in [0, 0.05) is 4.47 Å². The quantitative estimate of drug-likeness (QED) is 0.792. The first-order chi connectivity index (χ1) is 9.92. The van der Waals surface area contributed by atoms with Crippen LogP contribution in [0.1, 0.15) is 5.56 Å². The summed E-state index contributed by atoms with van der Waals surface area (Å²) in [5.41, 5.74) is 7.10.